The smallest absolute Gasteiger partial charge is 0.325 e. The zero-order valence-electron chi connectivity index (χ0n) is 10.9. The van der Waals surface area contributed by atoms with Crippen LogP contribution in [-0.4, -0.2) is 42.7 Å². The summed E-state index contributed by atoms with van der Waals surface area (Å²) in [5, 5.41) is 1.75. The summed E-state index contributed by atoms with van der Waals surface area (Å²) in [5.41, 5.74) is 0. The number of alkyl halides is 1. The number of hydroxylamine groups is 2. The van der Waals surface area contributed by atoms with E-state index in [0.717, 1.165) is 12.8 Å². The highest BCUT2D eigenvalue weighted by Gasteiger charge is 2.47. The molecule has 0 N–H and O–H groups in total. The third-order valence-corrected chi connectivity index (χ3v) is 4.16. The molecule has 1 aliphatic carbocycles. The first kappa shape index (κ1) is 14.1. The number of carbonyl (C=O) groups excluding carboxylic acids is 1. The van der Waals surface area contributed by atoms with Crippen molar-refractivity contribution in [3.63, 3.8) is 0 Å². The lowest BCUT2D eigenvalue weighted by Crippen LogP contribution is -2.41. The zero-order chi connectivity index (χ0) is 13.0. The Balaban J connectivity index is 2.11. The highest BCUT2D eigenvalue weighted by atomic mass is 35.5. The molecule has 0 radical (unpaired) electrons. The van der Waals surface area contributed by atoms with Crippen molar-refractivity contribution in [2.24, 2.45) is 5.92 Å². The molecule has 1 aliphatic heterocycles. The number of hydrogen-bond acceptors (Lipinski definition) is 4. The Bertz CT molecular complexity index is 287. The first-order valence-electron chi connectivity index (χ1n) is 6.85. The minimum atomic E-state index is -0.267. The number of esters is 1. The Morgan fingerprint density at radius 1 is 1.33 bits per heavy atom. The molecule has 1 saturated heterocycles. The normalized spacial score (nSPS) is 33.6. The van der Waals surface area contributed by atoms with E-state index < -0.39 is 0 Å². The standard InChI is InChI=1S/C13H22ClNO3/c1-17-13(16)12-10-6-4-2-3-5-7-11(10)18-15(12)9-8-14/h10-12H,2-9H2,1H3/t10-,11+,12-/m1/s1. The molecule has 0 amide bonds. The van der Waals surface area contributed by atoms with Crippen molar-refractivity contribution < 1.29 is 14.4 Å². The van der Waals surface area contributed by atoms with Crippen molar-refractivity contribution in [2.45, 2.75) is 50.7 Å². The molecule has 0 unspecified atom stereocenters. The van der Waals surface area contributed by atoms with Crippen LogP contribution < -0.4 is 0 Å². The quantitative estimate of drug-likeness (QED) is 0.585. The van der Waals surface area contributed by atoms with Crippen LogP contribution in [0.5, 0.6) is 0 Å². The maximum Gasteiger partial charge on any atom is 0.325 e. The topological polar surface area (TPSA) is 38.8 Å². The number of methoxy groups -OCH3 is 1. The summed E-state index contributed by atoms with van der Waals surface area (Å²) in [5.74, 6) is 0.543. The lowest BCUT2D eigenvalue weighted by Gasteiger charge is -2.23. The van der Waals surface area contributed by atoms with Crippen LogP contribution in [0, 0.1) is 5.92 Å². The fraction of sp³-hybridized carbons (Fsp3) is 0.923. The molecule has 2 fully saturated rings. The molecule has 2 aliphatic rings. The molecule has 4 nitrogen and oxygen atoms in total. The fourth-order valence-corrected chi connectivity index (χ4v) is 3.28. The molecule has 1 heterocycles. The molecule has 18 heavy (non-hydrogen) atoms. The molecule has 0 spiro atoms. The van der Waals surface area contributed by atoms with Crippen molar-refractivity contribution >= 4 is 17.6 Å². The maximum absolute atomic E-state index is 12.0. The Morgan fingerprint density at radius 2 is 2.06 bits per heavy atom. The van der Waals surface area contributed by atoms with Crippen molar-refractivity contribution in [3.8, 4) is 0 Å². The largest absolute Gasteiger partial charge is 0.468 e. The first-order chi connectivity index (χ1) is 8.77. The van der Waals surface area contributed by atoms with Crippen LogP contribution in [0.2, 0.25) is 0 Å². The van der Waals surface area contributed by atoms with Gasteiger partial charge in [-0.1, -0.05) is 25.7 Å². The Morgan fingerprint density at radius 3 is 2.72 bits per heavy atom. The van der Waals surface area contributed by atoms with Crippen molar-refractivity contribution in [1.82, 2.24) is 5.06 Å². The minimum Gasteiger partial charge on any atom is -0.468 e. The highest BCUT2D eigenvalue weighted by Crippen LogP contribution is 2.36. The number of fused-ring (bicyclic) bond motifs is 1. The van der Waals surface area contributed by atoms with Gasteiger partial charge in [-0.2, -0.15) is 5.06 Å². The predicted octanol–water partition coefficient (Wildman–Crippen LogP) is 2.35. The third kappa shape index (κ3) is 2.98. The number of nitrogens with zero attached hydrogens (tertiary/aromatic N) is 1. The van der Waals surface area contributed by atoms with Gasteiger partial charge in [0, 0.05) is 18.3 Å². The Labute approximate surface area is 114 Å². The average molecular weight is 276 g/mol. The minimum absolute atomic E-state index is 0.164. The molecule has 5 heteroatoms. The first-order valence-corrected chi connectivity index (χ1v) is 7.38. The van der Waals surface area contributed by atoms with Crippen molar-refractivity contribution in [2.75, 3.05) is 19.5 Å². The van der Waals surface area contributed by atoms with Crippen LogP contribution in [0.4, 0.5) is 0 Å². The molecule has 3 atom stereocenters. The van der Waals surface area contributed by atoms with Gasteiger partial charge in [-0.05, 0) is 12.8 Å². The fourth-order valence-electron chi connectivity index (χ4n) is 3.11. The van der Waals surface area contributed by atoms with Crippen molar-refractivity contribution in [3.05, 3.63) is 0 Å². The van der Waals surface area contributed by atoms with Crippen LogP contribution in [0.25, 0.3) is 0 Å². The summed E-state index contributed by atoms with van der Waals surface area (Å²) in [7, 11) is 1.44. The second-order valence-electron chi connectivity index (χ2n) is 5.10. The van der Waals surface area contributed by atoms with Gasteiger partial charge in [0.05, 0.1) is 13.2 Å². The van der Waals surface area contributed by atoms with Gasteiger partial charge in [-0.3, -0.25) is 9.63 Å². The van der Waals surface area contributed by atoms with E-state index in [1.807, 2.05) is 0 Å². The van der Waals surface area contributed by atoms with Gasteiger partial charge >= 0.3 is 5.97 Å². The molecule has 2 rings (SSSR count). The summed E-state index contributed by atoms with van der Waals surface area (Å²) >= 11 is 5.78. The lowest BCUT2D eigenvalue weighted by molar-refractivity contribution is -0.178. The summed E-state index contributed by atoms with van der Waals surface area (Å²) < 4.78 is 4.93. The van der Waals surface area contributed by atoms with Gasteiger partial charge in [0.25, 0.3) is 0 Å². The van der Waals surface area contributed by atoms with E-state index in [1.54, 1.807) is 5.06 Å². The highest BCUT2D eigenvalue weighted by molar-refractivity contribution is 6.18. The summed E-state index contributed by atoms with van der Waals surface area (Å²) in [4.78, 5) is 17.9. The van der Waals surface area contributed by atoms with Gasteiger partial charge in [-0.25, -0.2) is 0 Å². The van der Waals surface area contributed by atoms with E-state index in [1.165, 1.54) is 32.8 Å². The van der Waals surface area contributed by atoms with E-state index in [9.17, 15) is 4.79 Å². The monoisotopic (exact) mass is 275 g/mol. The second kappa shape index (κ2) is 6.73. The second-order valence-corrected chi connectivity index (χ2v) is 5.47. The van der Waals surface area contributed by atoms with E-state index >= 15 is 0 Å². The molecular formula is C13H22ClNO3. The van der Waals surface area contributed by atoms with E-state index in [2.05, 4.69) is 0 Å². The Kier molecular flexibility index (Phi) is 5.27. The predicted molar refractivity (Wildman–Crippen MR) is 69.3 cm³/mol. The molecular weight excluding hydrogens is 254 g/mol. The summed E-state index contributed by atoms with van der Waals surface area (Å²) in [6, 6.07) is -0.267. The summed E-state index contributed by atoms with van der Waals surface area (Å²) in [6.45, 7) is 0.578. The summed E-state index contributed by atoms with van der Waals surface area (Å²) in [6.07, 6.45) is 7.13. The zero-order valence-corrected chi connectivity index (χ0v) is 11.7. The van der Waals surface area contributed by atoms with Crippen LogP contribution in [0.15, 0.2) is 0 Å². The third-order valence-electron chi connectivity index (χ3n) is 3.99. The van der Waals surface area contributed by atoms with Crippen LogP contribution in [-0.2, 0) is 14.4 Å². The number of carbonyl (C=O) groups is 1. The van der Waals surface area contributed by atoms with Crippen LogP contribution in [0.3, 0.4) is 0 Å². The SMILES string of the molecule is COC(=O)[C@H]1[C@@H]2CCCCCC[C@@H]2ON1CCCl. The van der Waals surface area contributed by atoms with Gasteiger partial charge < -0.3 is 4.74 Å². The van der Waals surface area contributed by atoms with E-state index in [0.29, 0.717) is 12.4 Å². The Hall–Kier alpha value is -0.320. The van der Waals surface area contributed by atoms with Gasteiger partial charge in [0.1, 0.15) is 6.04 Å². The number of ether oxygens (including phenoxy) is 1. The van der Waals surface area contributed by atoms with Gasteiger partial charge in [0.15, 0.2) is 0 Å². The molecule has 104 valence electrons. The van der Waals surface area contributed by atoms with Gasteiger partial charge in [0.2, 0.25) is 0 Å². The van der Waals surface area contributed by atoms with Crippen molar-refractivity contribution in [1.29, 1.82) is 0 Å². The average Bonchev–Trinajstić information content (AvgIpc) is 2.66. The lowest BCUT2D eigenvalue weighted by atomic mass is 9.84. The molecule has 0 aromatic heterocycles. The number of hydrogen-bond donors (Lipinski definition) is 0. The maximum atomic E-state index is 12.0. The van der Waals surface area contributed by atoms with Gasteiger partial charge in [-0.15, -0.1) is 11.6 Å². The molecule has 0 bridgehead atoms. The van der Waals surface area contributed by atoms with Crippen LogP contribution >= 0.6 is 11.6 Å². The van der Waals surface area contributed by atoms with Crippen LogP contribution in [0.1, 0.15) is 38.5 Å². The number of rotatable bonds is 3. The van der Waals surface area contributed by atoms with E-state index in [4.69, 9.17) is 21.2 Å². The van der Waals surface area contributed by atoms with E-state index in [-0.39, 0.29) is 24.0 Å². The number of halogens is 1. The molecule has 0 aromatic carbocycles. The molecule has 0 aromatic rings. The molecule has 1 saturated carbocycles.